The number of carbonyl (C=O) groups excluding carboxylic acids is 1. The topological polar surface area (TPSA) is 76.1 Å². The number of hydrogen-bond donors (Lipinski definition) is 2. The summed E-state index contributed by atoms with van der Waals surface area (Å²) in [5.41, 5.74) is 0.958. The van der Waals surface area contributed by atoms with E-state index in [4.69, 9.17) is 4.74 Å². The number of halogens is 2. The quantitative estimate of drug-likeness (QED) is 0.480. The van der Waals surface area contributed by atoms with Crippen LogP contribution in [0.4, 0.5) is 25.3 Å². The van der Waals surface area contributed by atoms with Crippen molar-refractivity contribution in [2.45, 2.75) is 23.4 Å². The van der Waals surface area contributed by atoms with E-state index in [9.17, 15) is 13.6 Å². The number of aromatic nitrogens is 2. The van der Waals surface area contributed by atoms with Crippen molar-refractivity contribution >= 4 is 45.5 Å². The fourth-order valence-electron chi connectivity index (χ4n) is 2.30. The zero-order valence-corrected chi connectivity index (χ0v) is 17.2. The van der Waals surface area contributed by atoms with E-state index in [1.807, 2.05) is 31.2 Å². The van der Waals surface area contributed by atoms with Crippen molar-refractivity contribution in [1.29, 1.82) is 0 Å². The van der Waals surface area contributed by atoms with Gasteiger partial charge >= 0.3 is 0 Å². The molecule has 1 atom stereocenters. The summed E-state index contributed by atoms with van der Waals surface area (Å²) in [5, 5.41) is 13.9. The predicted octanol–water partition coefficient (Wildman–Crippen LogP) is 5.08. The molecule has 152 valence electrons. The molecule has 10 heteroatoms. The molecular formula is C19H18F2N4O2S2. The molecule has 0 bridgehead atoms. The van der Waals surface area contributed by atoms with Gasteiger partial charge in [0, 0.05) is 11.8 Å². The third kappa shape index (κ3) is 5.64. The zero-order chi connectivity index (χ0) is 20.8. The van der Waals surface area contributed by atoms with Crippen LogP contribution in [-0.2, 0) is 4.79 Å². The Balaban J connectivity index is 1.60. The first-order valence-corrected chi connectivity index (χ1v) is 10.4. The van der Waals surface area contributed by atoms with Gasteiger partial charge in [-0.15, -0.1) is 10.2 Å². The van der Waals surface area contributed by atoms with Gasteiger partial charge in [0.2, 0.25) is 11.0 Å². The highest BCUT2D eigenvalue weighted by molar-refractivity contribution is 8.02. The van der Waals surface area contributed by atoms with Crippen LogP contribution in [0.2, 0.25) is 0 Å². The highest BCUT2D eigenvalue weighted by atomic mass is 32.2. The van der Waals surface area contributed by atoms with Crippen LogP contribution in [0.3, 0.4) is 0 Å². The number of anilines is 3. The van der Waals surface area contributed by atoms with Crippen LogP contribution in [0.5, 0.6) is 5.75 Å². The predicted molar refractivity (Wildman–Crippen MR) is 111 cm³/mol. The summed E-state index contributed by atoms with van der Waals surface area (Å²) >= 11 is 2.51. The van der Waals surface area contributed by atoms with Crippen LogP contribution in [0.1, 0.15) is 13.8 Å². The lowest BCUT2D eigenvalue weighted by Gasteiger charge is -2.10. The molecule has 3 rings (SSSR count). The minimum absolute atomic E-state index is 0.188. The first kappa shape index (κ1) is 21.0. The van der Waals surface area contributed by atoms with E-state index in [0.717, 1.165) is 17.8 Å². The molecule has 0 saturated carbocycles. The summed E-state index contributed by atoms with van der Waals surface area (Å²) in [6.07, 6.45) is 0. The summed E-state index contributed by atoms with van der Waals surface area (Å²) in [6, 6.07) is 10.7. The maximum atomic E-state index is 13.3. The monoisotopic (exact) mass is 436 g/mol. The van der Waals surface area contributed by atoms with Gasteiger partial charge in [-0.2, -0.15) is 0 Å². The fourth-order valence-corrected chi connectivity index (χ4v) is 4.21. The second-order valence-corrected chi connectivity index (χ2v) is 8.37. The molecule has 0 spiro atoms. The summed E-state index contributed by atoms with van der Waals surface area (Å²) in [7, 11) is 0. The molecule has 6 nitrogen and oxygen atoms in total. The van der Waals surface area contributed by atoms with Gasteiger partial charge in [0.15, 0.2) is 16.0 Å². The number of benzene rings is 2. The molecule has 0 aliphatic carbocycles. The van der Waals surface area contributed by atoms with Crippen molar-refractivity contribution in [2.24, 2.45) is 0 Å². The average Bonchev–Trinajstić information content (AvgIpc) is 3.13. The molecule has 1 amide bonds. The van der Waals surface area contributed by atoms with Gasteiger partial charge in [-0.1, -0.05) is 35.2 Å². The third-order valence-electron chi connectivity index (χ3n) is 3.67. The van der Waals surface area contributed by atoms with Crippen LogP contribution < -0.4 is 15.4 Å². The molecule has 29 heavy (non-hydrogen) atoms. The second-order valence-electron chi connectivity index (χ2n) is 5.81. The zero-order valence-electron chi connectivity index (χ0n) is 15.6. The summed E-state index contributed by atoms with van der Waals surface area (Å²) < 4.78 is 32.4. The Kier molecular flexibility index (Phi) is 6.99. The smallest absolute Gasteiger partial charge is 0.237 e. The Labute approximate surface area is 174 Å². The SMILES string of the molecule is CCOc1ccccc1Nc1nnc(SC(C)C(=O)Nc2ccc(F)c(F)c2)s1. The van der Waals surface area contributed by atoms with Crippen molar-refractivity contribution in [1.82, 2.24) is 10.2 Å². The van der Waals surface area contributed by atoms with E-state index in [-0.39, 0.29) is 11.6 Å². The number of thioether (sulfide) groups is 1. The van der Waals surface area contributed by atoms with E-state index in [1.165, 1.54) is 29.2 Å². The lowest BCUT2D eigenvalue weighted by molar-refractivity contribution is -0.115. The van der Waals surface area contributed by atoms with Gasteiger partial charge in [-0.05, 0) is 38.1 Å². The number of rotatable bonds is 8. The van der Waals surface area contributed by atoms with Gasteiger partial charge in [0.05, 0.1) is 17.5 Å². The van der Waals surface area contributed by atoms with Crippen LogP contribution >= 0.6 is 23.1 Å². The van der Waals surface area contributed by atoms with Gasteiger partial charge in [-0.25, -0.2) is 8.78 Å². The van der Waals surface area contributed by atoms with Crippen LogP contribution in [-0.4, -0.2) is 28.0 Å². The molecule has 2 aromatic carbocycles. The molecule has 1 heterocycles. The second kappa shape index (κ2) is 9.66. The highest BCUT2D eigenvalue weighted by Crippen LogP contribution is 2.33. The van der Waals surface area contributed by atoms with E-state index in [1.54, 1.807) is 6.92 Å². The maximum absolute atomic E-state index is 13.3. The van der Waals surface area contributed by atoms with Gasteiger partial charge in [0.25, 0.3) is 0 Å². The molecule has 3 aromatic rings. The molecule has 1 unspecified atom stereocenters. The highest BCUT2D eigenvalue weighted by Gasteiger charge is 2.18. The number of carbonyl (C=O) groups is 1. The van der Waals surface area contributed by atoms with Crippen molar-refractivity contribution in [3.8, 4) is 5.75 Å². The van der Waals surface area contributed by atoms with E-state index >= 15 is 0 Å². The lowest BCUT2D eigenvalue weighted by Crippen LogP contribution is -2.22. The van der Waals surface area contributed by atoms with Gasteiger partial charge in [-0.3, -0.25) is 4.79 Å². The molecule has 0 fully saturated rings. The molecule has 0 radical (unpaired) electrons. The molecule has 0 saturated heterocycles. The summed E-state index contributed by atoms with van der Waals surface area (Å²) in [5.74, 6) is -1.63. The lowest BCUT2D eigenvalue weighted by atomic mass is 10.3. The Morgan fingerprint density at radius 1 is 1.21 bits per heavy atom. The number of hydrogen-bond acceptors (Lipinski definition) is 7. The normalized spacial score (nSPS) is 11.7. The van der Waals surface area contributed by atoms with Crippen molar-refractivity contribution in [2.75, 3.05) is 17.2 Å². The largest absolute Gasteiger partial charge is 0.492 e. The van der Waals surface area contributed by atoms with Crippen LogP contribution in [0.15, 0.2) is 46.8 Å². The maximum Gasteiger partial charge on any atom is 0.237 e. The Bertz CT molecular complexity index is 1000. The number of amides is 1. The molecule has 0 aliphatic rings. The molecule has 2 N–H and O–H groups in total. The number of ether oxygens (including phenoxy) is 1. The van der Waals surface area contributed by atoms with Crippen molar-refractivity contribution in [3.05, 3.63) is 54.1 Å². The number of nitrogens with zero attached hydrogens (tertiary/aromatic N) is 2. The van der Waals surface area contributed by atoms with Gasteiger partial charge < -0.3 is 15.4 Å². The van der Waals surface area contributed by atoms with E-state index in [2.05, 4.69) is 20.8 Å². The minimum Gasteiger partial charge on any atom is -0.492 e. The summed E-state index contributed by atoms with van der Waals surface area (Å²) in [6.45, 7) is 4.14. The molecular weight excluding hydrogens is 418 g/mol. The molecule has 0 aliphatic heterocycles. The van der Waals surface area contributed by atoms with E-state index in [0.29, 0.717) is 21.8 Å². The minimum atomic E-state index is -1.02. The average molecular weight is 437 g/mol. The number of para-hydroxylation sites is 2. The van der Waals surface area contributed by atoms with Gasteiger partial charge in [0.1, 0.15) is 5.75 Å². The Morgan fingerprint density at radius 3 is 2.76 bits per heavy atom. The van der Waals surface area contributed by atoms with Crippen LogP contribution in [0.25, 0.3) is 0 Å². The number of nitrogens with one attached hydrogen (secondary N) is 2. The van der Waals surface area contributed by atoms with Crippen molar-refractivity contribution < 1.29 is 18.3 Å². The summed E-state index contributed by atoms with van der Waals surface area (Å²) in [4.78, 5) is 12.3. The first-order valence-electron chi connectivity index (χ1n) is 8.71. The Morgan fingerprint density at radius 2 is 2.00 bits per heavy atom. The van der Waals surface area contributed by atoms with Crippen LogP contribution in [0, 0.1) is 11.6 Å². The molecule has 1 aromatic heterocycles. The van der Waals surface area contributed by atoms with E-state index < -0.39 is 16.9 Å². The third-order valence-corrected chi connectivity index (χ3v) is 5.69. The first-order chi connectivity index (χ1) is 14.0. The standard InChI is InChI=1S/C19H18F2N4O2S2/c1-3-27-16-7-5-4-6-15(16)23-18-24-25-19(29-18)28-11(2)17(26)22-12-8-9-13(20)14(21)10-12/h4-11H,3H2,1-2H3,(H,22,26)(H,23,24). The fraction of sp³-hybridized carbons (Fsp3) is 0.211. The van der Waals surface area contributed by atoms with Crippen molar-refractivity contribution in [3.63, 3.8) is 0 Å². The Hall–Kier alpha value is -2.72.